The van der Waals surface area contributed by atoms with Crippen LogP contribution in [0.4, 0.5) is 4.79 Å². The molecule has 1 heterocycles. The number of carbonyl (C=O) groups excluding carboxylic acids is 3. The molecule has 0 radical (unpaired) electrons. The van der Waals surface area contributed by atoms with E-state index in [0.717, 1.165) is 49.8 Å². The molecule has 2 aliphatic carbocycles. The molecular formula is C18H29N3O3. The van der Waals surface area contributed by atoms with Crippen LogP contribution in [0.15, 0.2) is 0 Å². The molecule has 1 spiro atoms. The van der Waals surface area contributed by atoms with Gasteiger partial charge in [0.05, 0.1) is 0 Å². The van der Waals surface area contributed by atoms with Gasteiger partial charge in [0.15, 0.2) is 0 Å². The van der Waals surface area contributed by atoms with Gasteiger partial charge in [-0.1, -0.05) is 38.5 Å². The van der Waals surface area contributed by atoms with Crippen LogP contribution >= 0.6 is 0 Å². The van der Waals surface area contributed by atoms with E-state index in [1.54, 1.807) is 0 Å². The van der Waals surface area contributed by atoms with Crippen molar-refractivity contribution in [3.63, 3.8) is 0 Å². The van der Waals surface area contributed by atoms with Crippen LogP contribution in [-0.2, 0) is 9.59 Å². The van der Waals surface area contributed by atoms with Crippen molar-refractivity contribution in [1.29, 1.82) is 0 Å². The molecule has 1 aliphatic heterocycles. The van der Waals surface area contributed by atoms with Crippen molar-refractivity contribution >= 4 is 17.8 Å². The highest BCUT2D eigenvalue weighted by Gasteiger charge is 2.51. The summed E-state index contributed by atoms with van der Waals surface area (Å²) in [6.07, 6.45) is 10.0. The van der Waals surface area contributed by atoms with Gasteiger partial charge in [-0.25, -0.2) is 4.79 Å². The molecule has 6 nitrogen and oxygen atoms in total. The Bertz CT molecular complexity index is 508. The zero-order valence-electron chi connectivity index (χ0n) is 14.7. The molecule has 134 valence electrons. The van der Waals surface area contributed by atoms with Crippen LogP contribution in [0.2, 0.25) is 0 Å². The number of nitrogens with one attached hydrogen (secondary N) is 1. The lowest BCUT2D eigenvalue weighted by molar-refractivity contribution is -0.141. The van der Waals surface area contributed by atoms with Crippen LogP contribution in [0.5, 0.6) is 0 Å². The van der Waals surface area contributed by atoms with E-state index in [9.17, 15) is 14.4 Å². The van der Waals surface area contributed by atoms with Crippen molar-refractivity contribution in [3.8, 4) is 0 Å². The lowest BCUT2D eigenvalue weighted by Gasteiger charge is -2.34. The first kappa shape index (κ1) is 17.2. The SMILES string of the molecule is CCN(C(=O)CN1C(=O)NC2(CCCCC2)C1=O)C1CCCCC1. The topological polar surface area (TPSA) is 69.7 Å². The highest BCUT2D eigenvalue weighted by Crippen LogP contribution is 2.33. The maximum atomic E-state index is 12.8. The average Bonchev–Trinajstić information content (AvgIpc) is 2.81. The lowest BCUT2D eigenvalue weighted by atomic mass is 9.82. The molecule has 6 heteroatoms. The first-order valence-electron chi connectivity index (χ1n) is 9.51. The van der Waals surface area contributed by atoms with E-state index in [-0.39, 0.29) is 24.4 Å². The predicted molar refractivity (Wildman–Crippen MR) is 90.3 cm³/mol. The van der Waals surface area contributed by atoms with Crippen molar-refractivity contribution in [2.75, 3.05) is 13.1 Å². The fourth-order valence-corrected chi connectivity index (χ4v) is 4.57. The monoisotopic (exact) mass is 335 g/mol. The number of likely N-dealkylation sites (N-methyl/N-ethyl adjacent to an activating group) is 1. The highest BCUT2D eigenvalue weighted by atomic mass is 16.2. The molecule has 24 heavy (non-hydrogen) atoms. The van der Waals surface area contributed by atoms with E-state index in [1.807, 2.05) is 11.8 Å². The van der Waals surface area contributed by atoms with E-state index in [1.165, 1.54) is 6.42 Å². The van der Waals surface area contributed by atoms with Gasteiger partial charge in [0.2, 0.25) is 5.91 Å². The number of carbonyl (C=O) groups is 3. The van der Waals surface area contributed by atoms with Gasteiger partial charge in [-0.05, 0) is 32.6 Å². The summed E-state index contributed by atoms with van der Waals surface area (Å²) >= 11 is 0. The Kier molecular flexibility index (Phi) is 5.11. The summed E-state index contributed by atoms with van der Waals surface area (Å²) in [6, 6.07) is -0.129. The van der Waals surface area contributed by atoms with E-state index in [4.69, 9.17) is 0 Å². The van der Waals surface area contributed by atoms with Crippen LogP contribution in [0.1, 0.15) is 71.1 Å². The molecule has 0 unspecified atom stereocenters. The molecule has 0 bridgehead atoms. The van der Waals surface area contributed by atoms with Crippen molar-refractivity contribution in [2.45, 2.75) is 82.7 Å². The molecule has 2 saturated carbocycles. The Morgan fingerprint density at radius 1 is 1.12 bits per heavy atom. The van der Waals surface area contributed by atoms with Gasteiger partial charge in [0, 0.05) is 12.6 Å². The fraction of sp³-hybridized carbons (Fsp3) is 0.833. The number of urea groups is 1. The number of imide groups is 1. The summed E-state index contributed by atoms with van der Waals surface area (Å²) in [5.41, 5.74) is -0.739. The van der Waals surface area contributed by atoms with Gasteiger partial charge in [-0.15, -0.1) is 0 Å². The smallest absolute Gasteiger partial charge is 0.325 e. The first-order chi connectivity index (χ1) is 11.6. The van der Waals surface area contributed by atoms with Gasteiger partial charge in [-0.2, -0.15) is 0 Å². The number of hydrogen-bond donors (Lipinski definition) is 1. The molecule has 0 aromatic rings. The maximum absolute atomic E-state index is 12.8. The second-order valence-corrected chi connectivity index (χ2v) is 7.44. The molecule has 1 N–H and O–H groups in total. The Morgan fingerprint density at radius 3 is 2.38 bits per heavy atom. The van der Waals surface area contributed by atoms with E-state index in [0.29, 0.717) is 19.4 Å². The molecular weight excluding hydrogens is 306 g/mol. The zero-order valence-corrected chi connectivity index (χ0v) is 14.7. The van der Waals surface area contributed by atoms with Gasteiger partial charge in [0.1, 0.15) is 12.1 Å². The summed E-state index contributed by atoms with van der Waals surface area (Å²) in [4.78, 5) is 40.9. The summed E-state index contributed by atoms with van der Waals surface area (Å²) < 4.78 is 0. The summed E-state index contributed by atoms with van der Waals surface area (Å²) in [5.74, 6) is -0.291. The van der Waals surface area contributed by atoms with Crippen LogP contribution < -0.4 is 5.32 Å². The van der Waals surface area contributed by atoms with Crippen LogP contribution in [0.25, 0.3) is 0 Å². The zero-order chi connectivity index (χ0) is 17.2. The Labute approximate surface area is 143 Å². The minimum Gasteiger partial charge on any atom is -0.338 e. The number of rotatable bonds is 4. The largest absolute Gasteiger partial charge is 0.338 e. The van der Waals surface area contributed by atoms with Crippen LogP contribution in [-0.4, -0.2) is 52.3 Å². The second kappa shape index (κ2) is 7.11. The summed E-state index contributed by atoms with van der Waals surface area (Å²) in [6.45, 7) is 2.50. The standard InChI is InChI=1S/C18H29N3O3/c1-2-20(14-9-5-3-6-10-14)15(22)13-21-16(23)18(19-17(21)24)11-7-4-8-12-18/h14H,2-13H2,1H3,(H,19,24). The molecule has 3 rings (SSSR count). The Balaban J connectivity index is 1.66. The molecule has 0 atom stereocenters. The van der Waals surface area contributed by atoms with E-state index < -0.39 is 11.6 Å². The minimum absolute atomic E-state index is 0.0965. The van der Waals surface area contributed by atoms with Gasteiger partial charge < -0.3 is 10.2 Å². The normalized spacial score (nSPS) is 24.3. The van der Waals surface area contributed by atoms with Gasteiger partial charge >= 0.3 is 6.03 Å². The number of nitrogens with zero attached hydrogens (tertiary/aromatic N) is 2. The van der Waals surface area contributed by atoms with Crippen LogP contribution in [0, 0.1) is 0 Å². The molecule has 3 fully saturated rings. The van der Waals surface area contributed by atoms with E-state index in [2.05, 4.69) is 5.32 Å². The van der Waals surface area contributed by atoms with Crippen molar-refractivity contribution in [1.82, 2.24) is 15.1 Å². The van der Waals surface area contributed by atoms with Crippen molar-refractivity contribution in [3.05, 3.63) is 0 Å². The van der Waals surface area contributed by atoms with Crippen molar-refractivity contribution < 1.29 is 14.4 Å². The lowest BCUT2D eigenvalue weighted by Crippen LogP contribution is -2.50. The third-order valence-electron chi connectivity index (χ3n) is 5.92. The minimum atomic E-state index is -0.739. The fourth-order valence-electron chi connectivity index (χ4n) is 4.57. The average molecular weight is 335 g/mol. The summed E-state index contributed by atoms with van der Waals surface area (Å²) in [5, 5.41) is 2.88. The molecule has 4 amide bonds. The predicted octanol–water partition coefficient (Wildman–Crippen LogP) is 2.42. The molecule has 3 aliphatic rings. The third-order valence-corrected chi connectivity index (χ3v) is 5.92. The van der Waals surface area contributed by atoms with Gasteiger partial charge in [0.25, 0.3) is 5.91 Å². The van der Waals surface area contributed by atoms with Crippen molar-refractivity contribution in [2.24, 2.45) is 0 Å². The highest BCUT2D eigenvalue weighted by molar-refractivity contribution is 6.09. The summed E-state index contributed by atoms with van der Waals surface area (Å²) in [7, 11) is 0. The maximum Gasteiger partial charge on any atom is 0.325 e. The molecule has 0 aromatic carbocycles. The Morgan fingerprint density at radius 2 is 1.75 bits per heavy atom. The van der Waals surface area contributed by atoms with E-state index >= 15 is 0 Å². The Hall–Kier alpha value is -1.59. The number of amides is 4. The number of hydrogen-bond acceptors (Lipinski definition) is 3. The second-order valence-electron chi connectivity index (χ2n) is 7.44. The first-order valence-corrected chi connectivity index (χ1v) is 9.51. The van der Waals surface area contributed by atoms with Gasteiger partial charge in [-0.3, -0.25) is 14.5 Å². The van der Waals surface area contributed by atoms with Crippen LogP contribution in [0.3, 0.4) is 0 Å². The third kappa shape index (κ3) is 3.15. The molecule has 1 saturated heterocycles. The quantitative estimate of drug-likeness (QED) is 0.802. The molecule has 0 aromatic heterocycles.